The van der Waals surface area contributed by atoms with Gasteiger partial charge in [0.1, 0.15) is 0 Å². The molecule has 1 N–H and O–H groups in total. The Labute approximate surface area is 126 Å². The van der Waals surface area contributed by atoms with Gasteiger partial charge in [0.25, 0.3) is 0 Å². The number of nitrogens with one attached hydrogen (secondary N) is 1. The molecule has 0 saturated carbocycles. The third-order valence-electron chi connectivity index (χ3n) is 3.83. The van der Waals surface area contributed by atoms with Crippen LogP contribution in [0.2, 0.25) is 0 Å². The second-order valence-corrected chi connectivity index (χ2v) is 5.74. The lowest BCUT2D eigenvalue weighted by Gasteiger charge is -2.23. The summed E-state index contributed by atoms with van der Waals surface area (Å²) < 4.78 is 21.9. The molecule has 1 atom stereocenters. The number of rotatable bonds is 8. The van der Waals surface area contributed by atoms with Gasteiger partial charge < -0.3 is 24.3 Å². The molecule has 0 radical (unpaired) electrons. The fraction of sp³-hybridized carbons (Fsp3) is 0.625. The first kappa shape index (κ1) is 16.1. The summed E-state index contributed by atoms with van der Waals surface area (Å²) in [6.07, 6.45) is 0.862. The van der Waals surface area contributed by atoms with E-state index in [4.69, 9.17) is 18.9 Å². The van der Waals surface area contributed by atoms with Crippen molar-refractivity contribution in [3.63, 3.8) is 0 Å². The van der Waals surface area contributed by atoms with E-state index in [1.54, 1.807) is 7.11 Å². The van der Waals surface area contributed by atoms with E-state index in [-0.39, 0.29) is 11.6 Å². The Morgan fingerprint density at radius 1 is 1.29 bits per heavy atom. The molecule has 0 aliphatic carbocycles. The molecule has 0 fully saturated rings. The first-order valence-corrected chi connectivity index (χ1v) is 7.25. The highest BCUT2D eigenvalue weighted by Crippen LogP contribution is 2.34. The van der Waals surface area contributed by atoms with Gasteiger partial charge in [-0.1, -0.05) is 6.07 Å². The Balaban J connectivity index is 1.86. The Morgan fingerprint density at radius 2 is 2.05 bits per heavy atom. The van der Waals surface area contributed by atoms with E-state index in [0.29, 0.717) is 20.0 Å². The molecule has 21 heavy (non-hydrogen) atoms. The van der Waals surface area contributed by atoms with Gasteiger partial charge in [-0.3, -0.25) is 0 Å². The normalized spacial score (nSPS) is 15.2. The lowest BCUT2D eigenvalue weighted by Crippen LogP contribution is -2.26. The number of ether oxygens (including phenoxy) is 4. The number of hydrogen-bond donors (Lipinski definition) is 1. The summed E-state index contributed by atoms with van der Waals surface area (Å²) in [5.74, 6) is 1.60. The average Bonchev–Trinajstić information content (AvgIpc) is 2.94. The Kier molecular flexibility index (Phi) is 5.45. The van der Waals surface area contributed by atoms with Crippen LogP contribution in [0.5, 0.6) is 11.5 Å². The van der Waals surface area contributed by atoms with Crippen LogP contribution in [-0.2, 0) is 9.47 Å². The number of benzene rings is 1. The van der Waals surface area contributed by atoms with Gasteiger partial charge in [0.15, 0.2) is 11.5 Å². The van der Waals surface area contributed by atoms with Gasteiger partial charge in [0.2, 0.25) is 6.79 Å². The van der Waals surface area contributed by atoms with E-state index in [9.17, 15) is 0 Å². The summed E-state index contributed by atoms with van der Waals surface area (Å²) in [5, 5.41) is 3.27. The molecule has 0 bridgehead atoms. The number of fused-ring (bicyclic) bond motifs is 1. The second-order valence-electron chi connectivity index (χ2n) is 5.74. The van der Waals surface area contributed by atoms with Crippen LogP contribution in [0.25, 0.3) is 0 Å². The maximum Gasteiger partial charge on any atom is 0.231 e. The molecule has 2 rings (SSSR count). The summed E-state index contributed by atoms with van der Waals surface area (Å²) >= 11 is 0. The molecule has 1 aromatic rings. The van der Waals surface area contributed by atoms with Crippen LogP contribution in [0.15, 0.2) is 18.2 Å². The van der Waals surface area contributed by atoms with Gasteiger partial charge in [-0.25, -0.2) is 0 Å². The summed E-state index contributed by atoms with van der Waals surface area (Å²) in [5.41, 5.74) is 0.987. The van der Waals surface area contributed by atoms with Crippen LogP contribution in [0.4, 0.5) is 0 Å². The number of methoxy groups -OCH3 is 1. The molecule has 1 unspecified atom stereocenters. The van der Waals surface area contributed by atoms with Crippen LogP contribution in [0.1, 0.15) is 31.9 Å². The van der Waals surface area contributed by atoms with Crippen LogP contribution >= 0.6 is 0 Å². The third-order valence-corrected chi connectivity index (χ3v) is 3.83. The van der Waals surface area contributed by atoms with Gasteiger partial charge in [-0.05, 0) is 45.0 Å². The van der Waals surface area contributed by atoms with Crippen molar-refractivity contribution < 1.29 is 18.9 Å². The first-order valence-electron chi connectivity index (χ1n) is 7.25. The van der Waals surface area contributed by atoms with Crippen molar-refractivity contribution in [2.45, 2.75) is 31.9 Å². The SMILES string of the molecule is CNC(COCCC(C)(C)OC)c1ccc2c(c1)OCO2. The molecular weight excluding hydrogens is 270 g/mol. The minimum Gasteiger partial charge on any atom is -0.454 e. The fourth-order valence-corrected chi connectivity index (χ4v) is 2.10. The van der Waals surface area contributed by atoms with E-state index in [2.05, 4.69) is 19.2 Å². The molecule has 118 valence electrons. The fourth-order valence-electron chi connectivity index (χ4n) is 2.10. The topological polar surface area (TPSA) is 49.0 Å². The summed E-state index contributed by atoms with van der Waals surface area (Å²) in [6, 6.07) is 6.12. The van der Waals surface area contributed by atoms with Crippen molar-refractivity contribution in [1.29, 1.82) is 0 Å². The van der Waals surface area contributed by atoms with Crippen LogP contribution in [0, 0.1) is 0 Å². The van der Waals surface area contributed by atoms with Gasteiger partial charge in [-0.15, -0.1) is 0 Å². The minimum absolute atomic E-state index is 0.130. The predicted octanol–water partition coefficient (Wildman–Crippen LogP) is 2.51. The van der Waals surface area contributed by atoms with E-state index in [0.717, 1.165) is 23.5 Å². The minimum atomic E-state index is -0.145. The highest BCUT2D eigenvalue weighted by Gasteiger charge is 2.19. The predicted molar refractivity (Wildman–Crippen MR) is 80.9 cm³/mol. The van der Waals surface area contributed by atoms with E-state index >= 15 is 0 Å². The van der Waals surface area contributed by atoms with Crippen molar-refractivity contribution in [2.24, 2.45) is 0 Å². The van der Waals surface area contributed by atoms with E-state index in [1.165, 1.54) is 0 Å². The van der Waals surface area contributed by atoms with Crippen molar-refractivity contribution in [1.82, 2.24) is 5.32 Å². The monoisotopic (exact) mass is 295 g/mol. The maximum atomic E-state index is 5.78. The zero-order valence-electron chi connectivity index (χ0n) is 13.3. The van der Waals surface area contributed by atoms with Crippen molar-refractivity contribution in [3.05, 3.63) is 23.8 Å². The molecule has 5 heteroatoms. The molecule has 0 saturated heterocycles. The Hall–Kier alpha value is -1.30. The number of likely N-dealkylation sites (N-methyl/N-ethyl adjacent to an activating group) is 1. The van der Waals surface area contributed by atoms with Gasteiger partial charge in [0.05, 0.1) is 18.2 Å². The van der Waals surface area contributed by atoms with Crippen molar-refractivity contribution >= 4 is 0 Å². The van der Waals surface area contributed by atoms with Crippen LogP contribution < -0.4 is 14.8 Å². The smallest absolute Gasteiger partial charge is 0.231 e. The van der Waals surface area contributed by atoms with E-state index in [1.807, 2.05) is 25.2 Å². The quantitative estimate of drug-likeness (QED) is 0.747. The number of hydrogen-bond acceptors (Lipinski definition) is 5. The molecule has 1 heterocycles. The lowest BCUT2D eigenvalue weighted by atomic mass is 10.1. The van der Waals surface area contributed by atoms with Crippen molar-refractivity contribution in [3.8, 4) is 11.5 Å². The zero-order chi connectivity index (χ0) is 15.3. The first-order chi connectivity index (χ1) is 10.1. The van der Waals surface area contributed by atoms with Gasteiger partial charge >= 0.3 is 0 Å². The molecule has 0 spiro atoms. The lowest BCUT2D eigenvalue weighted by molar-refractivity contribution is -0.0122. The van der Waals surface area contributed by atoms with Crippen LogP contribution in [-0.4, -0.2) is 39.8 Å². The molecule has 1 aromatic carbocycles. The summed E-state index contributed by atoms with van der Waals surface area (Å²) in [6.45, 7) is 5.69. The Bertz CT molecular complexity index is 462. The molecule has 5 nitrogen and oxygen atoms in total. The molecule has 1 aliphatic heterocycles. The summed E-state index contributed by atoms with van der Waals surface area (Å²) in [4.78, 5) is 0. The van der Waals surface area contributed by atoms with Gasteiger partial charge in [-0.2, -0.15) is 0 Å². The maximum absolute atomic E-state index is 5.78. The molecular formula is C16H25NO4. The molecule has 0 aromatic heterocycles. The molecule has 1 aliphatic rings. The van der Waals surface area contributed by atoms with Crippen LogP contribution in [0.3, 0.4) is 0 Å². The standard InChI is InChI=1S/C16H25NO4/c1-16(2,18-4)7-8-19-10-13(17-3)12-5-6-14-15(9-12)21-11-20-14/h5-6,9,13,17H,7-8,10-11H2,1-4H3. The third kappa shape index (κ3) is 4.33. The highest BCUT2D eigenvalue weighted by molar-refractivity contribution is 5.45. The zero-order valence-corrected chi connectivity index (χ0v) is 13.3. The molecule has 0 amide bonds. The van der Waals surface area contributed by atoms with Crippen molar-refractivity contribution in [2.75, 3.05) is 34.2 Å². The second kappa shape index (κ2) is 7.11. The van der Waals surface area contributed by atoms with Gasteiger partial charge in [0, 0.05) is 13.7 Å². The van der Waals surface area contributed by atoms with E-state index < -0.39 is 0 Å². The Morgan fingerprint density at radius 3 is 2.76 bits per heavy atom. The highest BCUT2D eigenvalue weighted by atomic mass is 16.7. The largest absolute Gasteiger partial charge is 0.454 e. The average molecular weight is 295 g/mol. The summed E-state index contributed by atoms with van der Waals surface area (Å²) in [7, 11) is 3.65.